The minimum absolute atomic E-state index is 0.0545. The monoisotopic (exact) mass is 1700 g/mol. The van der Waals surface area contributed by atoms with E-state index in [9.17, 15) is 0 Å². The molecule has 124 heavy (non-hydrogen) atoms. The second-order valence-electron chi connectivity index (χ2n) is 38.3. The summed E-state index contributed by atoms with van der Waals surface area (Å²) in [6, 6.07) is 104. The largest absolute Gasteiger partial charge is 0.311 e. The Morgan fingerprint density at radius 1 is 0.274 bits per heavy atom. The standard InChI is InChI=1S/C78H77N11.C31H38BrN3/c1-76(2,3)53-87-83-74-68(56-37-45-64(46-38-56)88(60-25-15-10-16-26-60)61-27-17-11-18-28-61)72-73(69(75(74)84-87)57-39-47-65(48-40-57)89(62-29-19-12-20-30-62)63-31-21-13-22-32-63)82-86(81-72)52-24-14-23-51-85-79-70-66(54-33-41-58(42-34-54)77(4,5)6)49-50-67(71(70)80-85)55-35-43-59(44-36-55)78(7,8)9;1-30(2,3)24-14-10-22(11-15-24)26-18-19-27(23-12-16-25(17-13-23)31(4,5)6)29-28(26)33-35(34-29)21-9-7-8-20-32/h10-13,15-22,25-50H,14,23-24,51-53H2,1-9H3;10-19H,7-9,20-21H2,1-6H3. The first-order chi connectivity index (χ1) is 59.6. The number of halogens is 1. The van der Waals surface area contributed by atoms with Crippen LogP contribution in [0.4, 0.5) is 34.1 Å². The molecule has 0 saturated carbocycles. The third-order valence-corrected chi connectivity index (χ3v) is 23.9. The van der Waals surface area contributed by atoms with Crippen molar-refractivity contribution in [1.29, 1.82) is 0 Å². The van der Waals surface area contributed by atoms with E-state index in [2.05, 4.69) is 421 Å². The highest BCUT2D eigenvalue weighted by Gasteiger charge is 2.28. The maximum Gasteiger partial charge on any atom is 0.167 e. The van der Waals surface area contributed by atoms with E-state index in [0.717, 1.165) is 171 Å². The van der Waals surface area contributed by atoms with Crippen LogP contribution in [0.15, 0.2) is 291 Å². The average Bonchev–Trinajstić information content (AvgIpc) is 1.56. The molecule has 17 rings (SSSR count). The summed E-state index contributed by atoms with van der Waals surface area (Å²) in [7, 11) is 0. The lowest BCUT2D eigenvalue weighted by Gasteiger charge is -2.25. The van der Waals surface area contributed by atoms with Gasteiger partial charge in [0, 0.05) is 89.3 Å². The number of hydrogen-bond acceptors (Lipinski definition) is 9. The molecule has 4 aromatic heterocycles. The number of nitrogens with zero attached hydrogens (tertiary/aromatic N) is 14. The van der Waals surface area contributed by atoms with Crippen LogP contribution in [-0.2, 0) is 47.8 Å². The van der Waals surface area contributed by atoms with Gasteiger partial charge in [0.2, 0.25) is 0 Å². The fourth-order valence-electron chi connectivity index (χ4n) is 16.5. The Labute approximate surface area is 740 Å². The lowest BCUT2D eigenvalue weighted by Crippen LogP contribution is -2.45. The highest BCUT2D eigenvalue weighted by molar-refractivity contribution is 9.09. The lowest BCUT2D eigenvalue weighted by molar-refractivity contribution is -0.813. The molecule has 0 aliphatic heterocycles. The molecule has 0 saturated heterocycles. The van der Waals surface area contributed by atoms with Gasteiger partial charge in [-0.25, -0.2) is 0 Å². The van der Waals surface area contributed by atoms with E-state index in [1.807, 2.05) is 19.2 Å². The molecule has 0 N–H and O–H groups in total. The highest BCUT2D eigenvalue weighted by Crippen LogP contribution is 2.46. The molecule has 17 aromatic rings. The smallest absolute Gasteiger partial charge is 0.167 e. The summed E-state index contributed by atoms with van der Waals surface area (Å²) >= 11 is 3.53. The molecule has 0 fully saturated rings. The van der Waals surface area contributed by atoms with E-state index in [0.29, 0.717) is 19.6 Å². The summed E-state index contributed by atoms with van der Waals surface area (Å²) in [5.41, 5.74) is 31.7. The second-order valence-corrected chi connectivity index (χ2v) is 39.1. The van der Waals surface area contributed by atoms with E-state index in [-0.39, 0.29) is 27.1 Å². The topological polar surface area (TPSA) is 129 Å². The number of benzene rings is 13. The fourth-order valence-corrected chi connectivity index (χ4v) is 16.9. The minimum atomic E-state index is -0.0890. The summed E-state index contributed by atoms with van der Waals surface area (Å²) in [6.07, 6.45) is 6.08. The zero-order valence-electron chi connectivity index (χ0n) is 74.6. The zero-order chi connectivity index (χ0) is 86.7. The van der Waals surface area contributed by atoms with Crippen molar-refractivity contribution < 1.29 is 4.80 Å². The number of aromatic nitrogens is 12. The summed E-state index contributed by atoms with van der Waals surface area (Å²) in [6.45, 7) is 36.5. The van der Waals surface area contributed by atoms with E-state index in [1.54, 1.807) is 0 Å². The van der Waals surface area contributed by atoms with E-state index in [4.69, 9.17) is 40.8 Å². The third kappa shape index (κ3) is 19.0. The molecule has 0 aliphatic rings. The first kappa shape index (κ1) is 85.1. The van der Waals surface area contributed by atoms with Gasteiger partial charge in [0.05, 0.1) is 19.6 Å². The summed E-state index contributed by atoms with van der Waals surface area (Å²) in [5.74, 6) is 0. The van der Waals surface area contributed by atoms with Gasteiger partial charge >= 0.3 is 0 Å². The van der Waals surface area contributed by atoms with Crippen LogP contribution in [0.2, 0.25) is 0 Å². The Balaban J connectivity index is 0.000000271. The lowest BCUT2D eigenvalue weighted by atomic mass is 9.85. The Morgan fingerprint density at radius 2 is 0.532 bits per heavy atom. The first-order valence-corrected chi connectivity index (χ1v) is 45.1. The van der Waals surface area contributed by atoms with Crippen molar-refractivity contribution in [2.75, 3.05) is 15.1 Å². The average molecular weight is 1700 g/mol. The fraction of sp³-hybridized carbons (Fsp3) is 0.284. The predicted octanol–water partition coefficient (Wildman–Crippen LogP) is 28.0. The maximum absolute atomic E-state index is 5.47. The van der Waals surface area contributed by atoms with Crippen LogP contribution < -0.4 is 19.7 Å². The van der Waals surface area contributed by atoms with Crippen LogP contribution in [0.25, 0.3) is 111 Å². The number of unbranched alkanes of at least 4 members (excludes halogenated alkanes) is 4. The summed E-state index contributed by atoms with van der Waals surface area (Å²) in [4.78, 5) is 12.2. The third-order valence-electron chi connectivity index (χ3n) is 23.4. The number of aryl methyl sites for hydroxylation is 3. The van der Waals surface area contributed by atoms with Gasteiger partial charge in [0.15, 0.2) is 6.54 Å². The van der Waals surface area contributed by atoms with Crippen LogP contribution in [0.3, 0.4) is 0 Å². The number of fused-ring (bicyclic) bond motifs is 4. The Kier molecular flexibility index (Phi) is 24.6. The minimum Gasteiger partial charge on any atom is -0.311 e. The van der Waals surface area contributed by atoms with Gasteiger partial charge in [-0.1, -0.05) is 345 Å². The molecule has 0 atom stereocenters. The van der Waals surface area contributed by atoms with Gasteiger partial charge < -0.3 is 9.80 Å². The molecule has 0 aliphatic carbocycles. The number of rotatable bonds is 24. The van der Waals surface area contributed by atoms with Crippen molar-refractivity contribution in [1.82, 2.24) is 55.2 Å². The van der Waals surface area contributed by atoms with E-state index in [1.165, 1.54) is 46.2 Å². The normalized spacial score (nSPS) is 12.2. The highest BCUT2D eigenvalue weighted by atomic mass is 79.9. The van der Waals surface area contributed by atoms with E-state index >= 15 is 0 Å². The molecular weight excluding hydrogens is 1590 g/mol. The molecule has 15 heteroatoms. The molecule has 0 amide bonds. The Morgan fingerprint density at radius 3 is 0.815 bits per heavy atom. The van der Waals surface area contributed by atoms with Crippen molar-refractivity contribution in [3.8, 4) is 66.8 Å². The predicted molar refractivity (Wildman–Crippen MR) is 519 cm³/mol. The number of para-hydroxylation sites is 4. The molecule has 4 heterocycles. The molecule has 0 unspecified atom stereocenters. The molecule has 628 valence electrons. The zero-order valence-corrected chi connectivity index (χ0v) is 76.2. The van der Waals surface area contributed by atoms with Gasteiger partial charge in [-0.3, -0.25) is 0 Å². The van der Waals surface area contributed by atoms with E-state index < -0.39 is 0 Å². The SMILES string of the molecule is CC(C)(C)C[n+]1nc2c(-c3ccc(N(c4ccccc4)c4ccccc4)cc3)c3nn(CCCCCn4nc5c(-c6ccc(C(C)(C)C)cc6)ccc(-c6ccc(C(C)(C)C)cc6)c5n4)nc3c(-c3ccc(N(c4ccccc4)c4ccccc4)cc3)c2[n-]1.CC(C)(C)c1ccc(-c2ccc(-c3ccc(C(C)(C)C)cc3)c3nn(CCCCCBr)nc23)cc1. The van der Waals surface area contributed by atoms with Crippen molar-refractivity contribution in [3.63, 3.8) is 0 Å². The van der Waals surface area contributed by atoms with Gasteiger partial charge in [0.1, 0.15) is 33.1 Å². The van der Waals surface area contributed by atoms with Crippen molar-refractivity contribution in [2.45, 2.75) is 190 Å². The maximum atomic E-state index is 5.47. The van der Waals surface area contributed by atoms with Crippen molar-refractivity contribution in [2.24, 2.45) is 5.41 Å². The number of hydrogen-bond donors (Lipinski definition) is 0. The van der Waals surface area contributed by atoms with Gasteiger partial charge in [0.25, 0.3) is 0 Å². The number of anilines is 6. The van der Waals surface area contributed by atoms with Crippen molar-refractivity contribution >= 4 is 94.2 Å². The quantitative estimate of drug-likeness (QED) is 0.0327. The second kappa shape index (κ2) is 35.8. The van der Waals surface area contributed by atoms with Gasteiger partial charge in [-0.2, -0.15) is 60.0 Å². The van der Waals surface area contributed by atoms with Crippen molar-refractivity contribution in [3.05, 3.63) is 313 Å². The molecule has 0 spiro atoms. The van der Waals surface area contributed by atoms with Gasteiger partial charge in [-0.15, -0.1) is 0 Å². The van der Waals surface area contributed by atoms with Gasteiger partial charge in [-0.05, 0) is 182 Å². The number of alkyl halides is 1. The summed E-state index contributed by atoms with van der Waals surface area (Å²) in [5, 5.41) is 43.3. The van der Waals surface area contributed by atoms with Crippen LogP contribution in [0.5, 0.6) is 0 Å². The Bertz CT molecular complexity index is 6030. The molecule has 0 radical (unpaired) electrons. The summed E-state index contributed by atoms with van der Waals surface area (Å²) < 4.78 is 0. The molecule has 0 bridgehead atoms. The molecular formula is C109H115BrN14. The van der Waals surface area contributed by atoms with Crippen LogP contribution in [0.1, 0.15) is 165 Å². The first-order valence-electron chi connectivity index (χ1n) is 44.0. The molecule has 13 aromatic carbocycles. The Hall–Kier alpha value is -12.5. The van der Waals surface area contributed by atoms with Crippen LogP contribution in [0, 0.1) is 5.41 Å². The van der Waals surface area contributed by atoms with Crippen LogP contribution in [-0.4, -0.2) is 55.4 Å². The molecule has 14 nitrogen and oxygen atoms in total. The van der Waals surface area contributed by atoms with Crippen LogP contribution >= 0.6 is 15.9 Å².